The molecule has 4 heteroatoms. The van der Waals surface area contributed by atoms with Crippen molar-refractivity contribution in [1.82, 2.24) is 5.32 Å². The zero-order valence-electron chi connectivity index (χ0n) is 13.8. The van der Waals surface area contributed by atoms with E-state index in [2.05, 4.69) is 29.7 Å². The van der Waals surface area contributed by atoms with Crippen LogP contribution in [0.1, 0.15) is 19.8 Å². The van der Waals surface area contributed by atoms with E-state index in [1.54, 1.807) is 0 Å². The van der Waals surface area contributed by atoms with Gasteiger partial charge in [-0.2, -0.15) is 0 Å². The Hall–Kier alpha value is -1.62. The number of aliphatic hydroxyl groups is 2. The third-order valence-electron chi connectivity index (χ3n) is 4.36. The Morgan fingerprint density at radius 2 is 2.00 bits per heavy atom. The summed E-state index contributed by atoms with van der Waals surface area (Å²) in [5.74, 6) is 0. The van der Waals surface area contributed by atoms with Crippen molar-refractivity contribution in [3.05, 3.63) is 54.1 Å². The number of anilines is 1. The molecular weight excluding hydrogens is 288 g/mol. The van der Waals surface area contributed by atoms with Crippen molar-refractivity contribution in [3.8, 4) is 0 Å². The lowest BCUT2D eigenvalue weighted by atomic mass is 9.79. The summed E-state index contributed by atoms with van der Waals surface area (Å²) in [6, 6.07) is 10.5. The summed E-state index contributed by atoms with van der Waals surface area (Å²) < 4.78 is 0. The molecule has 0 fully saturated rings. The van der Waals surface area contributed by atoms with Crippen molar-refractivity contribution in [2.75, 3.05) is 31.6 Å². The van der Waals surface area contributed by atoms with Crippen molar-refractivity contribution in [2.24, 2.45) is 5.41 Å². The van der Waals surface area contributed by atoms with Gasteiger partial charge in [0.15, 0.2) is 0 Å². The monoisotopic (exact) mass is 316 g/mol. The Bertz CT molecular complexity index is 527. The number of aliphatic hydroxyl groups excluding tert-OH is 2. The van der Waals surface area contributed by atoms with Gasteiger partial charge in [0.1, 0.15) is 0 Å². The van der Waals surface area contributed by atoms with Crippen LogP contribution in [0, 0.1) is 5.41 Å². The number of para-hydroxylation sites is 1. The highest BCUT2D eigenvalue weighted by Crippen LogP contribution is 2.30. The van der Waals surface area contributed by atoms with Crippen LogP contribution in [0.25, 0.3) is 0 Å². The first kappa shape index (κ1) is 17.7. The van der Waals surface area contributed by atoms with Crippen molar-refractivity contribution >= 4 is 5.69 Å². The zero-order valence-corrected chi connectivity index (χ0v) is 13.8. The molecule has 1 aromatic carbocycles. The van der Waals surface area contributed by atoms with Gasteiger partial charge in [-0.05, 0) is 37.5 Å². The van der Waals surface area contributed by atoms with Crippen molar-refractivity contribution in [2.45, 2.75) is 25.8 Å². The van der Waals surface area contributed by atoms with Crippen LogP contribution in [-0.4, -0.2) is 42.6 Å². The summed E-state index contributed by atoms with van der Waals surface area (Å²) in [6.07, 6.45) is 7.63. The molecule has 2 atom stereocenters. The summed E-state index contributed by atoms with van der Waals surface area (Å²) in [4.78, 5) is 0. The molecule has 23 heavy (non-hydrogen) atoms. The number of nitrogens with one attached hydrogen (secondary N) is 2. The first-order valence-electron chi connectivity index (χ1n) is 8.29. The lowest BCUT2D eigenvalue weighted by molar-refractivity contribution is 0.155. The lowest BCUT2D eigenvalue weighted by Crippen LogP contribution is -2.41. The fraction of sp³-hybridized carbons (Fsp3) is 0.474. The first-order chi connectivity index (χ1) is 11.2. The fourth-order valence-corrected chi connectivity index (χ4v) is 2.82. The van der Waals surface area contributed by atoms with Gasteiger partial charge in [0, 0.05) is 30.2 Å². The number of allylic oxidation sites excluding steroid dienone is 2. The second-order valence-electron chi connectivity index (χ2n) is 6.40. The molecule has 0 radical (unpaired) electrons. The second-order valence-corrected chi connectivity index (χ2v) is 6.40. The molecule has 0 saturated heterocycles. The van der Waals surface area contributed by atoms with Crippen LogP contribution in [0.15, 0.2) is 54.1 Å². The molecule has 1 aliphatic carbocycles. The fourth-order valence-electron chi connectivity index (χ4n) is 2.82. The topological polar surface area (TPSA) is 64.5 Å². The van der Waals surface area contributed by atoms with Crippen LogP contribution < -0.4 is 10.6 Å². The number of benzene rings is 1. The third-order valence-corrected chi connectivity index (χ3v) is 4.36. The highest BCUT2D eigenvalue weighted by Gasteiger charge is 2.29. The average Bonchev–Trinajstić information content (AvgIpc) is 2.61. The van der Waals surface area contributed by atoms with Crippen LogP contribution in [0.5, 0.6) is 0 Å². The van der Waals surface area contributed by atoms with E-state index < -0.39 is 0 Å². The molecule has 0 amide bonds. The number of hydrogen-bond donors (Lipinski definition) is 4. The van der Waals surface area contributed by atoms with Gasteiger partial charge >= 0.3 is 0 Å². The first-order valence-corrected chi connectivity index (χ1v) is 8.29. The maximum Gasteiger partial charge on any atom is 0.0645 e. The summed E-state index contributed by atoms with van der Waals surface area (Å²) in [5.41, 5.74) is 1.81. The minimum absolute atomic E-state index is 0.0582. The van der Waals surface area contributed by atoms with Gasteiger partial charge in [0.05, 0.1) is 13.2 Å². The van der Waals surface area contributed by atoms with E-state index in [-0.39, 0.29) is 18.6 Å². The minimum Gasteiger partial charge on any atom is -0.395 e. The summed E-state index contributed by atoms with van der Waals surface area (Å²) in [6.45, 7) is 3.92. The van der Waals surface area contributed by atoms with Crippen LogP contribution >= 0.6 is 0 Å². The van der Waals surface area contributed by atoms with Gasteiger partial charge in [0.25, 0.3) is 0 Å². The predicted molar refractivity (Wildman–Crippen MR) is 95.5 cm³/mol. The Kier molecular flexibility index (Phi) is 6.84. The normalized spacial score (nSPS) is 21.8. The molecular formula is C19H28N2O2. The minimum atomic E-state index is -0.298. The molecule has 1 aliphatic rings. The number of rotatable bonds is 9. The second kappa shape index (κ2) is 8.87. The van der Waals surface area contributed by atoms with Crippen LogP contribution in [-0.2, 0) is 0 Å². The molecule has 1 aromatic rings. The van der Waals surface area contributed by atoms with E-state index in [1.165, 1.54) is 0 Å². The molecule has 4 N–H and O–H groups in total. The van der Waals surface area contributed by atoms with Crippen molar-refractivity contribution in [3.63, 3.8) is 0 Å². The molecule has 0 bridgehead atoms. The quantitative estimate of drug-likeness (QED) is 0.565. The maximum absolute atomic E-state index is 9.78. The molecule has 4 nitrogen and oxygen atoms in total. The predicted octanol–water partition coefficient (Wildman–Crippen LogP) is 2.32. The third kappa shape index (κ3) is 5.50. The van der Waals surface area contributed by atoms with Gasteiger partial charge in [-0.1, -0.05) is 36.4 Å². The van der Waals surface area contributed by atoms with E-state index >= 15 is 0 Å². The highest BCUT2D eigenvalue weighted by atomic mass is 16.3. The Morgan fingerprint density at radius 3 is 2.70 bits per heavy atom. The van der Waals surface area contributed by atoms with Gasteiger partial charge in [-0.25, -0.2) is 0 Å². The van der Waals surface area contributed by atoms with Gasteiger partial charge in [0.2, 0.25) is 0 Å². The van der Waals surface area contributed by atoms with Gasteiger partial charge < -0.3 is 20.8 Å². The number of hydrogen-bond acceptors (Lipinski definition) is 4. The summed E-state index contributed by atoms with van der Waals surface area (Å²) in [5, 5.41) is 26.0. The van der Waals surface area contributed by atoms with Crippen LogP contribution in [0.4, 0.5) is 5.69 Å². The molecule has 0 aromatic heterocycles. The molecule has 0 heterocycles. The standard InChI is InChI=1S/C19H28N2O2/c1-16(9-11-20-18-7-3-2-4-8-18)21-14-19(15-23)10-5-6-17(12-19)13-22/h2-8,10,16,20-23H,9,11-15H2,1H3. The van der Waals surface area contributed by atoms with Crippen LogP contribution in [0.3, 0.4) is 0 Å². The molecule has 0 saturated carbocycles. The van der Waals surface area contributed by atoms with E-state index in [1.807, 2.05) is 36.4 Å². The average molecular weight is 316 g/mol. The van der Waals surface area contributed by atoms with E-state index in [0.29, 0.717) is 19.0 Å². The largest absolute Gasteiger partial charge is 0.395 e. The SMILES string of the molecule is CC(CCNc1ccccc1)NCC1(CO)C=CC=C(CO)C1. The highest BCUT2D eigenvalue weighted by molar-refractivity contribution is 5.42. The van der Waals surface area contributed by atoms with E-state index in [0.717, 1.165) is 24.2 Å². The van der Waals surface area contributed by atoms with Crippen molar-refractivity contribution < 1.29 is 10.2 Å². The molecule has 0 aliphatic heterocycles. The van der Waals surface area contributed by atoms with Crippen LogP contribution in [0.2, 0.25) is 0 Å². The van der Waals surface area contributed by atoms with Gasteiger partial charge in [-0.15, -0.1) is 0 Å². The molecule has 2 unspecified atom stereocenters. The van der Waals surface area contributed by atoms with Crippen molar-refractivity contribution in [1.29, 1.82) is 0 Å². The Morgan fingerprint density at radius 1 is 1.22 bits per heavy atom. The Balaban J connectivity index is 1.74. The molecule has 2 rings (SSSR count). The lowest BCUT2D eigenvalue weighted by Gasteiger charge is -2.33. The van der Waals surface area contributed by atoms with Gasteiger partial charge in [-0.3, -0.25) is 0 Å². The smallest absolute Gasteiger partial charge is 0.0645 e. The molecule has 126 valence electrons. The zero-order chi connectivity index (χ0) is 16.5. The summed E-state index contributed by atoms with van der Waals surface area (Å²) in [7, 11) is 0. The Labute approximate surface area is 138 Å². The molecule has 0 spiro atoms. The van der Waals surface area contributed by atoms with E-state index in [4.69, 9.17) is 0 Å². The maximum atomic E-state index is 9.78. The summed E-state index contributed by atoms with van der Waals surface area (Å²) >= 11 is 0. The van der Waals surface area contributed by atoms with E-state index in [9.17, 15) is 10.2 Å².